The molecule has 0 saturated carbocycles. The van der Waals surface area contributed by atoms with Crippen molar-refractivity contribution in [3.05, 3.63) is 91.6 Å². The summed E-state index contributed by atoms with van der Waals surface area (Å²) in [6.45, 7) is 0.330. The molecule has 0 unspecified atom stereocenters. The SMILES string of the molecule is O=c1c2ccc(F)cc2ncn1Cc1csc(Cc2ccc(Cl)cc2)n1. The topological polar surface area (TPSA) is 47.8 Å². The fourth-order valence-corrected chi connectivity index (χ4v) is 3.64. The van der Waals surface area contributed by atoms with Gasteiger partial charge in [-0.3, -0.25) is 9.36 Å². The van der Waals surface area contributed by atoms with Gasteiger partial charge in [0, 0.05) is 22.9 Å². The van der Waals surface area contributed by atoms with E-state index >= 15 is 0 Å². The van der Waals surface area contributed by atoms with Crippen LogP contribution in [0.5, 0.6) is 0 Å². The summed E-state index contributed by atoms with van der Waals surface area (Å²) in [5.41, 5.74) is 2.07. The van der Waals surface area contributed by atoms with Crippen LogP contribution in [0.4, 0.5) is 4.39 Å². The molecular weight excluding hydrogens is 373 g/mol. The van der Waals surface area contributed by atoms with E-state index in [0.29, 0.717) is 28.9 Å². The normalized spacial score (nSPS) is 11.2. The van der Waals surface area contributed by atoms with Crippen molar-refractivity contribution in [1.29, 1.82) is 0 Å². The monoisotopic (exact) mass is 385 g/mol. The summed E-state index contributed by atoms with van der Waals surface area (Å²) in [6, 6.07) is 11.6. The molecular formula is C19H13ClFN3OS. The van der Waals surface area contributed by atoms with Gasteiger partial charge in [-0.15, -0.1) is 11.3 Å². The number of halogens is 2. The number of benzene rings is 2. The smallest absolute Gasteiger partial charge is 0.261 e. The molecule has 2 heterocycles. The van der Waals surface area contributed by atoms with E-state index < -0.39 is 5.82 Å². The highest BCUT2D eigenvalue weighted by atomic mass is 35.5. The van der Waals surface area contributed by atoms with Crippen LogP contribution in [0, 0.1) is 5.82 Å². The van der Waals surface area contributed by atoms with Crippen LogP contribution in [0.2, 0.25) is 5.02 Å². The van der Waals surface area contributed by atoms with E-state index in [1.807, 2.05) is 29.6 Å². The zero-order valence-electron chi connectivity index (χ0n) is 13.5. The summed E-state index contributed by atoms with van der Waals surface area (Å²) < 4.78 is 14.7. The summed E-state index contributed by atoms with van der Waals surface area (Å²) in [6.07, 6.45) is 2.15. The molecule has 0 aliphatic carbocycles. The van der Waals surface area contributed by atoms with Crippen LogP contribution in [0.1, 0.15) is 16.3 Å². The summed E-state index contributed by atoms with van der Waals surface area (Å²) in [7, 11) is 0. The highest BCUT2D eigenvalue weighted by Crippen LogP contribution is 2.17. The molecule has 2 aromatic carbocycles. The van der Waals surface area contributed by atoms with Crippen LogP contribution in [0.15, 0.2) is 59.0 Å². The molecule has 2 aromatic heterocycles. The fraction of sp³-hybridized carbons (Fsp3) is 0.105. The first-order valence-electron chi connectivity index (χ1n) is 7.91. The number of rotatable bonds is 4. The Labute approximate surface area is 157 Å². The second kappa shape index (κ2) is 6.97. The number of fused-ring (bicyclic) bond motifs is 1. The zero-order valence-corrected chi connectivity index (χ0v) is 15.1. The summed E-state index contributed by atoms with van der Waals surface area (Å²) in [4.78, 5) is 21.3. The van der Waals surface area contributed by atoms with Crippen molar-refractivity contribution < 1.29 is 4.39 Å². The standard InChI is InChI=1S/C19H13ClFN3OS/c20-13-3-1-12(2-4-13)7-18-23-15(10-26-18)9-24-11-22-17-8-14(21)5-6-16(17)19(24)25/h1-6,8,10-11H,7,9H2. The second-order valence-electron chi connectivity index (χ2n) is 5.87. The van der Waals surface area contributed by atoms with Gasteiger partial charge in [0.25, 0.3) is 5.56 Å². The van der Waals surface area contributed by atoms with E-state index in [0.717, 1.165) is 16.3 Å². The predicted molar refractivity (Wildman–Crippen MR) is 101 cm³/mol. The van der Waals surface area contributed by atoms with Crippen LogP contribution >= 0.6 is 22.9 Å². The number of nitrogens with zero attached hydrogens (tertiary/aromatic N) is 3. The van der Waals surface area contributed by atoms with Crippen LogP contribution in [-0.2, 0) is 13.0 Å². The summed E-state index contributed by atoms with van der Waals surface area (Å²) in [5.74, 6) is -0.409. The Kier molecular flexibility index (Phi) is 4.53. The molecule has 0 bridgehead atoms. The van der Waals surface area contributed by atoms with E-state index in [4.69, 9.17) is 11.6 Å². The average Bonchev–Trinajstić information content (AvgIpc) is 3.06. The molecule has 0 fully saturated rings. The number of thiazole rings is 1. The Morgan fingerprint density at radius 1 is 1.15 bits per heavy atom. The molecule has 0 saturated heterocycles. The molecule has 0 amide bonds. The molecule has 0 radical (unpaired) electrons. The first kappa shape index (κ1) is 16.9. The number of hydrogen-bond acceptors (Lipinski definition) is 4. The molecule has 0 aliphatic heterocycles. The molecule has 7 heteroatoms. The quantitative estimate of drug-likeness (QED) is 0.526. The van der Waals surface area contributed by atoms with Gasteiger partial charge in [-0.25, -0.2) is 14.4 Å². The Morgan fingerprint density at radius 2 is 1.96 bits per heavy atom. The van der Waals surface area contributed by atoms with Crippen LogP contribution in [0.25, 0.3) is 10.9 Å². The molecule has 4 nitrogen and oxygen atoms in total. The van der Waals surface area contributed by atoms with Gasteiger partial charge in [-0.1, -0.05) is 23.7 Å². The number of hydrogen-bond donors (Lipinski definition) is 0. The highest BCUT2D eigenvalue weighted by molar-refractivity contribution is 7.09. The molecule has 130 valence electrons. The third-order valence-corrected chi connectivity index (χ3v) is 5.14. The second-order valence-corrected chi connectivity index (χ2v) is 7.25. The summed E-state index contributed by atoms with van der Waals surface area (Å²) >= 11 is 7.45. The first-order chi connectivity index (χ1) is 12.6. The Hall–Kier alpha value is -2.57. The van der Waals surface area contributed by atoms with E-state index in [-0.39, 0.29) is 5.56 Å². The zero-order chi connectivity index (χ0) is 18.1. The van der Waals surface area contributed by atoms with Crippen molar-refractivity contribution in [3.63, 3.8) is 0 Å². The van der Waals surface area contributed by atoms with E-state index in [1.54, 1.807) is 11.3 Å². The van der Waals surface area contributed by atoms with Gasteiger partial charge in [-0.05, 0) is 29.8 Å². The van der Waals surface area contributed by atoms with E-state index in [9.17, 15) is 9.18 Å². The lowest BCUT2D eigenvalue weighted by atomic mass is 10.2. The van der Waals surface area contributed by atoms with Crippen LogP contribution in [0.3, 0.4) is 0 Å². The fourth-order valence-electron chi connectivity index (χ4n) is 2.70. The highest BCUT2D eigenvalue weighted by Gasteiger charge is 2.08. The Bertz CT molecular complexity index is 1140. The molecule has 0 N–H and O–H groups in total. The van der Waals surface area contributed by atoms with Gasteiger partial charge in [0.1, 0.15) is 5.82 Å². The lowest BCUT2D eigenvalue weighted by Gasteiger charge is -2.04. The lowest BCUT2D eigenvalue weighted by molar-refractivity contribution is 0.629. The third-order valence-electron chi connectivity index (χ3n) is 3.99. The van der Waals surface area contributed by atoms with Gasteiger partial charge >= 0.3 is 0 Å². The minimum absolute atomic E-state index is 0.206. The maximum Gasteiger partial charge on any atom is 0.261 e. The average molecular weight is 386 g/mol. The van der Waals surface area contributed by atoms with Crippen LogP contribution < -0.4 is 5.56 Å². The molecule has 4 aromatic rings. The van der Waals surface area contributed by atoms with Crippen molar-refractivity contribution in [2.75, 3.05) is 0 Å². The largest absolute Gasteiger partial charge is 0.293 e. The third kappa shape index (κ3) is 3.52. The van der Waals surface area contributed by atoms with Crippen molar-refractivity contribution in [2.45, 2.75) is 13.0 Å². The predicted octanol–water partition coefficient (Wildman–Crippen LogP) is 4.28. The van der Waals surface area contributed by atoms with Gasteiger partial charge in [0.15, 0.2) is 0 Å². The number of aromatic nitrogens is 3. The minimum atomic E-state index is -0.409. The first-order valence-corrected chi connectivity index (χ1v) is 9.17. The maximum absolute atomic E-state index is 13.3. The molecule has 0 atom stereocenters. The maximum atomic E-state index is 13.3. The Morgan fingerprint density at radius 3 is 2.77 bits per heavy atom. The lowest BCUT2D eigenvalue weighted by Crippen LogP contribution is -2.21. The Balaban J connectivity index is 1.56. The van der Waals surface area contributed by atoms with Crippen molar-refractivity contribution in [2.24, 2.45) is 0 Å². The van der Waals surface area contributed by atoms with Crippen LogP contribution in [-0.4, -0.2) is 14.5 Å². The summed E-state index contributed by atoms with van der Waals surface area (Å²) in [5, 5.41) is 4.00. The van der Waals surface area contributed by atoms with Crippen molar-refractivity contribution in [1.82, 2.24) is 14.5 Å². The van der Waals surface area contributed by atoms with Gasteiger partial charge < -0.3 is 0 Å². The van der Waals surface area contributed by atoms with Crippen molar-refractivity contribution >= 4 is 33.8 Å². The molecule has 0 aliphatic rings. The van der Waals surface area contributed by atoms with Gasteiger partial charge in [-0.2, -0.15) is 0 Å². The van der Waals surface area contributed by atoms with Crippen molar-refractivity contribution in [3.8, 4) is 0 Å². The molecule has 0 spiro atoms. The molecule has 4 rings (SSSR count). The molecule has 26 heavy (non-hydrogen) atoms. The van der Waals surface area contributed by atoms with E-state index in [2.05, 4.69) is 9.97 Å². The van der Waals surface area contributed by atoms with Gasteiger partial charge in [0.2, 0.25) is 0 Å². The van der Waals surface area contributed by atoms with Gasteiger partial charge in [0.05, 0.1) is 34.5 Å². The minimum Gasteiger partial charge on any atom is -0.293 e. The van der Waals surface area contributed by atoms with E-state index in [1.165, 1.54) is 29.1 Å².